The van der Waals surface area contributed by atoms with E-state index >= 15 is 0 Å². The molecule has 0 saturated carbocycles. The maximum atomic E-state index is 10.8. The second-order valence-corrected chi connectivity index (χ2v) is 8.86. The topological polar surface area (TPSA) is 90.2 Å². The van der Waals surface area contributed by atoms with Gasteiger partial charge in [0.15, 0.2) is 0 Å². The van der Waals surface area contributed by atoms with E-state index < -0.39 is 37.1 Å². The van der Waals surface area contributed by atoms with Crippen molar-refractivity contribution in [3.05, 3.63) is 69.3 Å². The predicted octanol–water partition coefficient (Wildman–Crippen LogP) is 2.41. The molecule has 4 rings (SSSR count). The number of rotatable bonds is 6. The highest BCUT2D eigenvalue weighted by molar-refractivity contribution is 5.51. The molecule has 1 aliphatic carbocycles. The van der Waals surface area contributed by atoms with Gasteiger partial charge in [-0.05, 0) is 77.5 Å². The van der Waals surface area contributed by atoms with Crippen molar-refractivity contribution in [1.82, 2.24) is 0 Å². The SMILES string of the molecule is CCc1ccc(Cc2cc(C3O[C@H](CO)[C@@H](O)[C@H](O)C3O)c(CC)c3c2CCC3)cc1. The fourth-order valence-electron chi connectivity index (χ4n) is 5.27. The summed E-state index contributed by atoms with van der Waals surface area (Å²) in [5, 5.41) is 40.9. The standard InChI is InChI=1S/C26H34O5/c1-3-15-8-10-16(11-9-15)12-17-13-21(18(4-2)20-7-5-6-19(17)20)26-25(30)24(29)23(28)22(14-27)31-26/h8-11,13,22-30H,3-7,12,14H2,1-2H3/t22-,23-,24+,25?,26?/m1/s1. The van der Waals surface area contributed by atoms with E-state index in [0.29, 0.717) is 0 Å². The van der Waals surface area contributed by atoms with Crippen LogP contribution in [0.2, 0.25) is 0 Å². The first kappa shape index (κ1) is 22.4. The summed E-state index contributed by atoms with van der Waals surface area (Å²) in [4.78, 5) is 0. The number of fused-ring (bicyclic) bond motifs is 1. The van der Waals surface area contributed by atoms with E-state index in [4.69, 9.17) is 4.74 Å². The maximum Gasteiger partial charge on any atom is 0.113 e. The first-order valence-corrected chi connectivity index (χ1v) is 11.5. The lowest BCUT2D eigenvalue weighted by molar-refractivity contribution is -0.231. The lowest BCUT2D eigenvalue weighted by Crippen LogP contribution is -2.55. The molecule has 0 spiro atoms. The molecule has 1 aliphatic heterocycles. The molecule has 0 bridgehead atoms. The van der Waals surface area contributed by atoms with Crippen molar-refractivity contribution in [3.63, 3.8) is 0 Å². The molecule has 1 heterocycles. The van der Waals surface area contributed by atoms with Gasteiger partial charge in [-0.15, -0.1) is 0 Å². The molecule has 5 atom stereocenters. The highest BCUT2D eigenvalue weighted by atomic mass is 16.5. The Morgan fingerprint density at radius 2 is 1.55 bits per heavy atom. The van der Waals surface area contributed by atoms with E-state index in [2.05, 4.69) is 44.2 Å². The zero-order valence-electron chi connectivity index (χ0n) is 18.4. The van der Waals surface area contributed by atoms with Crippen molar-refractivity contribution in [2.45, 2.75) is 82.9 Å². The van der Waals surface area contributed by atoms with Gasteiger partial charge >= 0.3 is 0 Å². The predicted molar refractivity (Wildman–Crippen MR) is 119 cm³/mol. The normalized spacial score (nSPS) is 28.0. The van der Waals surface area contributed by atoms with Crippen LogP contribution in [0.3, 0.4) is 0 Å². The van der Waals surface area contributed by atoms with Crippen LogP contribution in [0, 0.1) is 0 Å². The summed E-state index contributed by atoms with van der Waals surface area (Å²) in [6.45, 7) is 3.84. The van der Waals surface area contributed by atoms with Crippen molar-refractivity contribution in [1.29, 1.82) is 0 Å². The van der Waals surface area contributed by atoms with Gasteiger partial charge in [0, 0.05) is 0 Å². The first-order valence-electron chi connectivity index (χ1n) is 11.5. The molecule has 5 heteroatoms. The Hall–Kier alpha value is -1.76. The fraction of sp³-hybridized carbons (Fsp3) is 0.538. The summed E-state index contributed by atoms with van der Waals surface area (Å²) in [6.07, 6.45) is 0.170. The summed E-state index contributed by atoms with van der Waals surface area (Å²) in [7, 11) is 0. The fourth-order valence-corrected chi connectivity index (χ4v) is 5.27. The van der Waals surface area contributed by atoms with Gasteiger partial charge in [0.2, 0.25) is 0 Å². The minimum Gasteiger partial charge on any atom is -0.394 e. The van der Waals surface area contributed by atoms with Gasteiger partial charge in [-0.25, -0.2) is 0 Å². The minimum atomic E-state index is -1.36. The van der Waals surface area contributed by atoms with Gasteiger partial charge < -0.3 is 25.2 Å². The Balaban J connectivity index is 1.76. The van der Waals surface area contributed by atoms with Crippen LogP contribution in [-0.2, 0) is 36.8 Å². The maximum absolute atomic E-state index is 10.8. The van der Waals surface area contributed by atoms with Gasteiger partial charge in [-0.3, -0.25) is 0 Å². The summed E-state index contributed by atoms with van der Waals surface area (Å²) >= 11 is 0. The number of benzene rings is 2. The van der Waals surface area contributed by atoms with Crippen LogP contribution in [0.25, 0.3) is 0 Å². The Labute approximate surface area is 184 Å². The summed E-state index contributed by atoms with van der Waals surface area (Å²) in [6, 6.07) is 10.8. The molecule has 1 saturated heterocycles. The molecule has 2 aromatic carbocycles. The van der Waals surface area contributed by atoms with E-state index in [-0.39, 0.29) is 0 Å². The quantitative estimate of drug-likeness (QED) is 0.570. The summed E-state index contributed by atoms with van der Waals surface area (Å²) in [5.41, 5.74) is 8.59. The molecule has 168 valence electrons. The highest BCUT2D eigenvalue weighted by Gasteiger charge is 2.45. The van der Waals surface area contributed by atoms with Crippen LogP contribution in [0.1, 0.15) is 65.3 Å². The second-order valence-electron chi connectivity index (χ2n) is 8.86. The number of ether oxygens (including phenoxy) is 1. The van der Waals surface area contributed by atoms with Crippen molar-refractivity contribution in [3.8, 4) is 0 Å². The Morgan fingerprint density at radius 1 is 0.871 bits per heavy atom. The lowest BCUT2D eigenvalue weighted by atomic mass is 9.83. The van der Waals surface area contributed by atoms with Crippen molar-refractivity contribution < 1.29 is 25.2 Å². The number of aliphatic hydroxyl groups is 4. The van der Waals surface area contributed by atoms with Crippen LogP contribution < -0.4 is 0 Å². The molecule has 0 amide bonds. The van der Waals surface area contributed by atoms with Crippen LogP contribution in [0.5, 0.6) is 0 Å². The van der Waals surface area contributed by atoms with Gasteiger partial charge in [0.05, 0.1) is 6.61 Å². The summed E-state index contributed by atoms with van der Waals surface area (Å²) < 4.78 is 5.94. The number of hydrogen-bond acceptors (Lipinski definition) is 5. The van der Waals surface area contributed by atoms with Gasteiger partial charge in [-0.2, -0.15) is 0 Å². The molecule has 0 radical (unpaired) electrons. The molecule has 1 fully saturated rings. The molecule has 31 heavy (non-hydrogen) atoms. The smallest absolute Gasteiger partial charge is 0.113 e. The minimum absolute atomic E-state index is 0.412. The molecule has 2 unspecified atom stereocenters. The Bertz CT molecular complexity index is 905. The molecular formula is C26H34O5. The zero-order chi connectivity index (χ0) is 22.1. The van der Waals surface area contributed by atoms with E-state index in [1.807, 2.05) is 0 Å². The monoisotopic (exact) mass is 426 g/mol. The molecular weight excluding hydrogens is 392 g/mol. The third kappa shape index (κ3) is 4.18. The van der Waals surface area contributed by atoms with E-state index in [9.17, 15) is 20.4 Å². The first-order chi connectivity index (χ1) is 15.0. The van der Waals surface area contributed by atoms with Crippen LogP contribution in [-0.4, -0.2) is 51.4 Å². The van der Waals surface area contributed by atoms with Crippen LogP contribution in [0.15, 0.2) is 30.3 Å². The van der Waals surface area contributed by atoms with Crippen molar-refractivity contribution in [2.75, 3.05) is 6.61 Å². The highest BCUT2D eigenvalue weighted by Crippen LogP contribution is 2.40. The van der Waals surface area contributed by atoms with Crippen molar-refractivity contribution in [2.24, 2.45) is 0 Å². The van der Waals surface area contributed by atoms with Crippen LogP contribution >= 0.6 is 0 Å². The van der Waals surface area contributed by atoms with E-state index in [1.54, 1.807) is 0 Å². The third-order valence-electron chi connectivity index (χ3n) is 7.03. The van der Waals surface area contributed by atoms with Gasteiger partial charge in [-0.1, -0.05) is 44.2 Å². The Morgan fingerprint density at radius 3 is 2.19 bits per heavy atom. The average molecular weight is 427 g/mol. The Kier molecular flexibility index (Phi) is 6.80. The molecule has 2 aliphatic rings. The van der Waals surface area contributed by atoms with E-state index in [0.717, 1.165) is 44.1 Å². The van der Waals surface area contributed by atoms with Crippen molar-refractivity contribution >= 4 is 0 Å². The molecule has 5 nitrogen and oxygen atoms in total. The molecule has 4 N–H and O–H groups in total. The van der Waals surface area contributed by atoms with E-state index in [1.165, 1.54) is 33.4 Å². The third-order valence-corrected chi connectivity index (χ3v) is 7.03. The summed E-state index contributed by atoms with van der Waals surface area (Å²) in [5.74, 6) is 0. The zero-order valence-corrected chi connectivity index (χ0v) is 18.4. The van der Waals surface area contributed by atoms with Gasteiger partial charge in [0.1, 0.15) is 30.5 Å². The largest absolute Gasteiger partial charge is 0.394 e. The average Bonchev–Trinajstić information content (AvgIpc) is 3.28. The molecule has 2 aromatic rings. The molecule has 0 aromatic heterocycles. The lowest BCUT2D eigenvalue weighted by Gasteiger charge is -2.41. The van der Waals surface area contributed by atoms with Crippen LogP contribution in [0.4, 0.5) is 0 Å². The number of aryl methyl sites for hydroxylation is 1. The number of aliphatic hydroxyl groups excluding tert-OH is 4. The number of hydrogen-bond donors (Lipinski definition) is 4. The van der Waals surface area contributed by atoms with Gasteiger partial charge in [0.25, 0.3) is 0 Å². The second kappa shape index (κ2) is 9.39.